The largest absolute Gasteiger partial charge is 0.497 e. The van der Waals surface area contributed by atoms with E-state index in [1.54, 1.807) is 12.0 Å². The Bertz CT molecular complexity index is 1450. The molecular formula is C33H35N3O4. The Morgan fingerprint density at radius 2 is 1.45 bits per heavy atom. The maximum Gasteiger partial charge on any atom is 0.246 e. The lowest BCUT2D eigenvalue weighted by molar-refractivity contribution is -0.150. The molecular weight excluding hydrogens is 502 g/mol. The molecule has 40 heavy (non-hydrogen) atoms. The molecule has 7 heteroatoms. The van der Waals surface area contributed by atoms with Gasteiger partial charge in [-0.25, -0.2) is 0 Å². The number of rotatable bonds is 11. The number of methoxy groups -OCH3 is 1. The number of amides is 2. The van der Waals surface area contributed by atoms with Gasteiger partial charge in [0.2, 0.25) is 11.8 Å². The van der Waals surface area contributed by atoms with E-state index in [0.717, 1.165) is 40.5 Å². The van der Waals surface area contributed by atoms with Gasteiger partial charge in [0.05, 0.1) is 7.11 Å². The van der Waals surface area contributed by atoms with Crippen molar-refractivity contribution in [1.29, 1.82) is 0 Å². The molecule has 4 aromatic carbocycles. The molecule has 0 radical (unpaired) electrons. The van der Waals surface area contributed by atoms with Crippen molar-refractivity contribution < 1.29 is 19.1 Å². The van der Waals surface area contributed by atoms with E-state index in [1.165, 1.54) is 0 Å². The first-order chi connectivity index (χ1) is 19.5. The summed E-state index contributed by atoms with van der Waals surface area (Å²) in [7, 11) is 1.62. The van der Waals surface area contributed by atoms with Gasteiger partial charge in [-0.1, -0.05) is 54.6 Å². The molecule has 2 atom stereocenters. The minimum atomic E-state index is -0.614. The Kier molecular flexibility index (Phi) is 8.62. The molecule has 0 bridgehead atoms. The lowest BCUT2D eigenvalue weighted by atomic mass is 9.96. The molecule has 0 aromatic heterocycles. The number of fused-ring (bicyclic) bond motifs is 1. The quantitative estimate of drug-likeness (QED) is 0.256. The molecule has 0 aliphatic carbocycles. The van der Waals surface area contributed by atoms with Crippen molar-refractivity contribution in [3.8, 4) is 17.2 Å². The second-order valence-corrected chi connectivity index (χ2v) is 10.1. The molecule has 2 amide bonds. The highest BCUT2D eigenvalue weighted by Gasteiger charge is 2.40. The van der Waals surface area contributed by atoms with Gasteiger partial charge in [-0.15, -0.1) is 0 Å². The number of nitrogens with zero attached hydrogens (tertiary/aromatic N) is 1. The zero-order valence-electron chi connectivity index (χ0n) is 22.7. The third-order valence-electron chi connectivity index (χ3n) is 7.33. The summed E-state index contributed by atoms with van der Waals surface area (Å²) in [5.74, 6) is 1.97. The van der Waals surface area contributed by atoms with E-state index in [4.69, 9.17) is 15.2 Å². The number of hydrogen-bond donors (Lipinski definition) is 2. The molecule has 1 aliphatic rings. The summed E-state index contributed by atoms with van der Waals surface area (Å²) in [5.41, 5.74) is 7.64. The normalized spacial score (nSPS) is 17.1. The number of ether oxygens (including phenoxy) is 2. The highest BCUT2D eigenvalue weighted by atomic mass is 16.5. The summed E-state index contributed by atoms with van der Waals surface area (Å²) < 4.78 is 11.1. The van der Waals surface area contributed by atoms with Crippen molar-refractivity contribution in [3.63, 3.8) is 0 Å². The molecule has 4 aromatic rings. The highest BCUT2D eigenvalue weighted by Crippen LogP contribution is 2.26. The Morgan fingerprint density at radius 3 is 2.15 bits per heavy atom. The minimum absolute atomic E-state index is 0.0657. The summed E-state index contributed by atoms with van der Waals surface area (Å²) in [4.78, 5) is 28.8. The standard InChI is InChI=1S/C33H35N3O4/c1-39-27-15-17-29(18-16-27)40-28-13-10-23(11-14-28)22-36-31(8-4-5-19-34)32(37)35-30(33(36)38)21-24-9-12-25-6-2-3-7-26(25)20-24/h2-3,6-7,9-18,20,30-31H,4-5,8,19,21-22,34H2,1H3,(H,35,37). The molecule has 0 spiro atoms. The predicted octanol–water partition coefficient (Wildman–Crippen LogP) is 5.21. The van der Waals surface area contributed by atoms with E-state index >= 15 is 0 Å². The van der Waals surface area contributed by atoms with Crippen LogP contribution in [0, 0.1) is 0 Å². The Balaban J connectivity index is 1.31. The number of nitrogens with one attached hydrogen (secondary N) is 1. The van der Waals surface area contributed by atoms with Crippen LogP contribution in [0.15, 0.2) is 91.0 Å². The topological polar surface area (TPSA) is 93.9 Å². The van der Waals surface area contributed by atoms with Crippen LogP contribution in [0.25, 0.3) is 10.8 Å². The number of piperazine rings is 1. The van der Waals surface area contributed by atoms with Gasteiger partial charge in [0.25, 0.3) is 0 Å². The lowest BCUT2D eigenvalue weighted by Gasteiger charge is -2.39. The van der Waals surface area contributed by atoms with Gasteiger partial charge < -0.3 is 25.4 Å². The molecule has 5 rings (SSSR count). The summed E-state index contributed by atoms with van der Waals surface area (Å²) in [6, 6.07) is 28.2. The lowest BCUT2D eigenvalue weighted by Crippen LogP contribution is -2.63. The zero-order chi connectivity index (χ0) is 27.9. The van der Waals surface area contributed by atoms with Gasteiger partial charge in [-0.2, -0.15) is 0 Å². The average Bonchev–Trinajstić information content (AvgIpc) is 2.98. The second-order valence-electron chi connectivity index (χ2n) is 10.1. The van der Waals surface area contributed by atoms with E-state index in [9.17, 15) is 9.59 Å². The Hall–Kier alpha value is -4.36. The second kappa shape index (κ2) is 12.7. The van der Waals surface area contributed by atoms with E-state index in [-0.39, 0.29) is 11.8 Å². The SMILES string of the molecule is COc1ccc(Oc2ccc(CN3C(=O)C(Cc4ccc5ccccc5c4)NC(=O)C3CCCCN)cc2)cc1. The van der Waals surface area contributed by atoms with Crippen molar-refractivity contribution in [2.24, 2.45) is 5.73 Å². The van der Waals surface area contributed by atoms with E-state index < -0.39 is 12.1 Å². The summed E-state index contributed by atoms with van der Waals surface area (Å²) >= 11 is 0. The van der Waals surface area contributed by atoms with Gasteiger partial charge in [-0.05, 0) is 84.1 Å². The zero-order valence-corrected chi connectivity index (χ0v) is 22.7. The third kappa shape index (κ3) is 6.43. The van der Waals surface area contributed by atoms with Crippen LogP contribution in [0.3, 0.4) is 0 Å². The first-order valence-electron chi connectivity index (χ1n) is 13.7. The third-order valence-corrected chi connectivity index (χ3v) is 7.33. The van der Waals surface area contributed by atoms with E-state index in [1.807, 2.05) is 66.7 Å². The molecule has 206 valence electrons. The average molecular weight is 538 g/mol. The van der Waals surface area contributed by atoms with Crippen LogP contribution in [0.5, 0.6) is 17.2 Å². The van der Waals surface area contributed by atoms with Crippen molar-refractivity contribution in [1.82, 2.24) is 10.2 Å². The molecule has 7 nitrogen and oxygen atoms in total. The number of nitrogens with two attached hydrogens (primary N) is 1. The molecule has 3 N–H and O–H groups in total. The first-order valence-corrected chi connectivity index (χ1v) is 13.7. The van der Waals surface area contributed by atoms with Crippen molar-refractivity contribution in [2.75, 3.05) is 13.7 Å². The van der Waals surface area contributed by atoms with Crippen molar-refractivity contribution in [2.45, 2.75) is 44.3 Å². The molecule has 1 fully saturated rings. The van der Waals surface area contributed by atoms with Gasteiger partial charge in [0.1, 0.15) is 29.3 Å². The smallest absolute Gasteiger partial charge is 0.246 e. The fourth-order valence-corrected chi connectivity index (χ4v) is 5.16. The van der Waals surface area contributed by atoms with Crippen molar-refractivity contribution in [3.05, 3.63) is 102 Å². The molecule has 0 saturated carbocycles. The van der Waals surface area contributed by atoms with E-state index in [0.29, 0.717) is 37.4 Å². The first kappa shape index (κ1) is 27.2. The predicted molar refractivity (Wildman–Crippen MR) is 156 cm³/mol. The van der Waals surface area contributed by atoms with Crippen LogP contribution in [0.4, 0.5) is 0 Å². The summed E-state index contributed by atoms with van der Waals surface area (Å²) in [6.45, 7) is 0.902. The van der Waals surface area contributed by atoms with Crippen LogP contribution in [0.1, 0.15) is 30.4 Å². The molecule has 2 unspecified atom stereocenters. The summed E-state index contributed by atoms with van der Waals surface area (Å²) in [5, 5.41) is 5.27. The monoisotopic (exact) mass is 537 g/mol. The van der Waals surface area contributed by atoms with E-state index in [2.05, 4.69) is 29.6 Å². The van der Waals surface area contributed by atoms with Crippen LogP contribution in [-0.4, -0.2) is 42.5 Å². The number of carbonyl (C=O) groups excluding carboxylic acids is 2. The van der Waals surface area contributed by atoms with Gasteiger partial charge in [0.15, 0.2) is 0 Å². The van der Waals surface area contributed by atoms with Gasteiger partial charge >= 0.3 is 0 Å². The van der Waals surface area contributed by atoms with Gasteiger partial charge in [-0.3, -0.25) is 9.59 Å². The molecule has 1 heterocycles. The Labute approximate surface area is 234 Å². The summed E-state index contributed by atoms with van der Waals surface area (Å²) in [6.07, 6.45) is 2.61. The fraction of sp³-hybridized carbons (Fsp3) is 0.273. The number of hydrogen-bond acceptors (Lipinski definition) is 5. The van der Waals surface area contributed by atoms with Crippen LogP contribution in [-0.2, 0) is 22.6 Å². The fourth-order valence-electron chi connectivity index (χ4n) is 5.16. The van der Waals surface area contributed by atoms with Crippen LogP contribution >= 0.6 is 0 Å². The van der Waals surface area contributed by atoms with Gasteiger partial charge in [0, 0.05) is 13.0 Å². The maximum absolute atomic E-state index is 13.8. The minimum Gasteiger partial charge on any atom is -0.497 e. The number of unbranched alkanes of at least 4 members (excludes halogenated alkanes) is 1. The number of benzene rings is 4. The maximum atomic E-state index is 13.8. The van der Waals surface area contributed by atoms with Crippen LogP contribution < -0.4 is 20.5 Å². The number of carbonyl (C=O) groups is 2. The van der Waals surface area contributed by atoms with Crippen LogP contribution in [0.2, 0.25) is 0 Å². The highest BCUT2D eigenvalue weighted by molar-refractivity contribution is 5.97. The molecule has 1 saturated heterocycles. The molecule has 1 aliphatic heterocycles. The van der Waals surface area contributed by atoms with Crippen molar-refractivity contribution >= 4 is 22.6 Å². The Morgan fingerprint density at radius 1 is 0.800 bits per heavy atom.